The Bertz CT molecular complexity index is 1080. The van der Waals surface area contributed by atoms with Crippen molar-refractivity contribution in [3.05, 3.63) is 60.2 Å². The number of nitrogens with zero attached hydrogens (tertiary/aromatic N) is 2. The number of anilines is 1. The minimum atomic E-state index is -0.268. The molecule has 35 heavy (non-hydrogen) atoms. The molecule has 0 saturated carbocycles. The van der Waals surface area contributed by atoms with Crippen LogP contribution in [0.1, 0.15) is 25.3 Å². The second-order valence-electron chi connectivity index (χ2n) is 8.60. The van der Waals surface area contributed by atoms with E-state index in [1.807, 2.05) is 37.3 Å². The molecule has 4 rings (SSSR count). The highest BCUT2D eigenvalue weighted by atomic mass is 16.6. The van der Waals surface area contributed by atoms with Gasteiger partial charge in [0.2, 0.25) is 17.7 Å². The van der Waals surface area contributed by atoms with Crippen molar-refractivity contribution in [3.8, 4) is 11.5 Å². The predicted octanol–water partition coefficient (Wildman–Crippen LogP) is 3.20. The number of nitrogens with one attached hydrogen (secondary N) is 1. The second kappa shape index (κ2) is 11.6. The number of ether oxygens (including phenoxy) is 2. The summed E-state index contributed by atoms with van der Waals surface area (Å²) in [5, 5.41) is 2.84. The number of piperidine rings is 1. The Kier molecular flexibility index (Phi) is 8.03. The molecule has 2 aromatic carbocycles. The van der Waals surface area contributed by atoms with E-state index >= 15 is 0 Å². The molecule has 2 aliphatic heterocycles. The van der Waals surface area contributed by atoms with Crippen molar-refractivity contribution in [2.45, 2.75) is 19.8 Å². The first-order chi connectivity index (χ1) is 17.0. The van der Waals surface area contributed by atoms with E-state index in [0.29, 0.717) is 62.9 Å². The van der Waals surface area contributed by atoms with Crippen LogP contribution in [0.15, 0.2) is 54.6 Å². The number of rotatable bonds is 7. The Hall–Kier alpha value is -3.81. The van der Waals surface area contributed by atoms with Crippen LogP contribution in [0.4, 0.5) is 5.69 Å². The Morgan fingerprint density at radius 1 is 1.03 bits per heavy atom. The highest BCUT2D eigenvalue weighted by molar-refractivity contribution is 5.95. The summed E-state index contributed by atoms with van der Waals surface area (Å²) in [6, 6.07) is 14.9. The lowest BCUT2D eigenvalue weighted by Crippen LogP contribution is -2.46. The number of amides is 3. The van der Waals surface area contributed by atoms with Crippen molar-refractivity contribution in [2.24, 2.45) is 5.92 Å². The summed E-state index contributed by atoms with van der Waals surface area (Å²) in [6.07, 6.45) is 4.56. The zero-order chi connectivity index (χ0) is 24.6. The van der Waals surface area contributed by atoms with E-state index < -0.39 is 0 Å². The smallest absolute Gasteiger partial charge is 0.246 e. The number of likely N-dealkylation sites (N-methyl/N-ethyl adjacent to an activating group) is 1. The van der Waals surface area contributed by atoms with Gasteiger partial charge in [-0.2, -0.15) is 0 Å². The summed E-state index contributed by atoms with van der Waals surface area (Å²) in [4.78, 5) is 41.6. The Labute approximate surface area is 205 Å². The molecule has 0 aromatic heterocycles. The lowest BCUT2D eigenvalue weighted by Gasteiger charge is -2.33. The summed E-state index contributed by atoms with van der Waals surface area (Å²) in [5.41, 5.74) is 1.57. The topological polar surface area (TPSA) is 88.2 Å². The maximum Gasteiger partial charge on any atom is 0.246 e. The van der Waals surface area contributed by atoms with Crippen LogP contribution in [0.2, 0.25) is 0 Å². The summed E-state index contributed by atoms with van der Waals surface area (Å²) >= 11 is 0. The van der Waals surface area contributed by atoms with E-state index in [-0.39, 0.29) is 30.2 Å². The standard InChI is InChI=1S/C27H31N3O5/c1-2-29(19-25(31)28-22-9-10-23-24(18-22)35-17-16-34-23)27(33)21-12-14-30(15-13-21)26(32)11-8-20-6-4-3-5-7-20/h3-11,18,21H,2,12-17,19H2,1H3,(H,28,31). The van der Waals surface area contributed by atoms with Gasteiger partial charge in [0.25, 0.3) is 0 Å². The first-order valence-electron chi connectivity index (χ1n) is 12.0. The number of fused-ring (bicyclic) bond motifs is 1. The molecule has 2 aliphatic rings. The van der Waals surface area contributed by atoms with Gasteiger partial charge in [-0.3, -0.25) is 14.4 Å². The maximum atomic E-state index is 13.1. The van der Waals surface area contributed by atoms with Gasteiger partial charge >= 0.3 is 0 Å². The molecule has 1 N–H and O–H groups in total. The molecule has 8 nitrogen and oxygen atoms in total. The van der Waals surface area contributed by atoms with Gasteiger partial charge in [0.15, 0.2) is 11.5 Å². The molecule has 184 valence electrons. The largest absolute Gasteiger partial charge is 0.486 e. The van der Waals surface area contributed by atoms with Gasteiger partial charge in [0, 0.05) is 43.4 Å². The van der Waals surface area contributed by atoms with Crippen LogP contribution in [0.3, 0.4) is 0 Å². The van der Waals surface area contributed by atoms with Crippen molar-refractivity contribution in [2.75, 3.05) is 44.7 Å². The van der Waals surface area contributed by atoms with Gasteiger partial charge in [-0.1, -0.05) is 30.3 Å². The minimum absolute atomic E-state index is 0.0251. The molecule has 0 aliphatic carbocycles. The Balaban J connectivity index is 1.26. The molecule has 0 bridgehead atoms. The number of benzene rings is 2. The van der Waals surface area contributed by atoms with E-state index in [1.165, 1.54) is 0 Å². The first-order valence-corrected chi connectivity index (χ1v) is 12.0. The van der Waals surface area contributed by atoms with E-state index in [0.717, 1.165) is 5.56 Å². The van der Waals surface area contributed by atoms with Gasteiger partial charge < -0.3 is 24.6 Å². The highest BCUT2D eigenvalue weighted by Crippen LogP contribution is 2.32. The lowest BCUT2D eigenvalue weighted by atomic mass is 9.95. The average molecular weight is 478 g/mol. The fraction of sp³-hybridized carbons (Fsp3) is 0.370. The molecule has 0 radical (unpaired) electrons. The number of hydrogen-bond donors (Lipinski definition) is 1. The van der Waals surface area contributed by atoms with Crippen molar-refractivity contribution in [3.63, 3.8) is 0 Å². The van der Waals surface area contributed by atoms with Crippen LogP contribution in [0.5, 0.6) is 11.5 Å². The molecule has 2 aromatic rings. The third-order valence-electron chi connectivity index (χ3n) is 6.23. The SMILES string of the molecule is CCN(CC(=O)Nc1ccc2c(c1)OCCO2)C(=O)C1CCN(C(=O)C=Cc2ccccc2)CC1. The molecule has 8 heteroatoms. The first kappa shape index (κ1) is 24.3. The normalized spacial score (nSPS) is 15.6. The van der Waals surface area contributed by atoms with Gasteiger partial charge in [0.05, 0.1) is 6.54 Å². The quantitative estimate of drug-likeness (QED) is 0.619. The number of likely N-dealkylation sites (tertiary alicyclic amines) is 1. The monoisotopic (exact) mass is 477 g/mol. The zero-order valence-electron chi connectivity index (χ0n) is 19.9. The zero-order valence-corrected chi connectivity index (χ0v) is 19.9. The molecule has 2 heterocycles. The molecule has 0 spiro atoms. The fourth-order valence-corrected chi connectivity index (χ4v) is 4.28. The number of carbonyl (C=O) groups excluding carboxylic acids is 3. The molecule has 1 saturated heterocycles. The Morgan fingerprint density at radius 2 is 1.74 bits per heavy atom. The van der Waals surface area contributed by atoms with Crippen LogP contribution in [-0.4, -0.2) is 66.9 Å². The fourth-order valence-electron chi connectivity index (χ4n) is 4.28. The van der Waals surface area contributed by atoms with Gasteiger partial charge in [-0.15, -0.1) is 0 Å². The molecule has 0 atom stereocenters. The van der Waals surface area contributed by atoms with Crippen molar-refractivity contribution >= 4 is 29.5 Å². The third kappa shape index (κ3) is 6.41. The van der Waals surface area contributed by atoms with Crippen LogP contribution in [0, 0.1) is 5.92 Å². The third-order valence-corrected chi connectivity index (χ3v) is 6.23. The second-order valence-corrected chi connectivity index (χ2v) is 8.60. The summed E-state index contributed by atoms with van der Waals surface area (Å²) < 4.78 is 11.1. The number of hydrogen-bond acceptors (Lipinski definition) is 5. The van der Waals surface area contributed by atoms with Crippen LogP contribution in [0.25, 0.3) is 6.08 Å². The van der Waals surface area contributed by atoms with Crippen molar-refractivity contribution in [1.29, 1.82) is 0 Å². The van der Waals surface area contributed by atoms with Gasteiger partial charge in [-0.05, 0) is 43.5 Å². The summed E-state index contributed by atoms with van der Waals surface area (Å²) in [6.45, 7) is 4.29. The average Bonchev–Trinajstić information content (AvgIpc) is 2.90. The van der Waals surface area contributed by atoms with E-state index in [2.05, 4.69) is 5.32 Å². The molecule has 3 amide bonds. The van der Waals surface area contributed by atoms with E-state index in [4.69, 9.17) is 9.47 Å². The summed E-state index contributed by atoms with van der Waals surface area (Å²) in [7, 11) is 0. The van der Waals surface area contributed by atoms with E-state index in [1.54, 1.807) is 40.2 Å². The Morgan fingerprint density at radius 3 is 2.46 bits per heavy atom. The minimum Gasteiger partial charge on any atom is -0.486 e. The van der Waals surface area contributed by atoms with Crippen molar-refractivity contribution < 1.29 is 23.9 Å². The molecular formula is C27H31N3O5. The van der Waals surface area contributed by atoms with Crippen molar-refractivity contribution in [1.82, 2.24) is 9.80 Å². The number of carbonyl (C=O) groups is 3. The molecule has 0 unspecified atom stereocenters. The summed E-state index contributed by atoms with van der Waals surface area (Å²) in [5.74, 6) is 0.690. The van der Waals surface area contributed by atoms with Crippen LogP contribution in [-0.2, 0) is 14.4 Å². The van der Waals surface area contributed by atoms with Gasteiger partial charge in [-0.25, -0.2) is 0 Å². The van der Waals surface area contributed by atoms with Crippen LogP contribution >= 0.6 is 0 Å². The van der Waals surface area contributed by atoms with Crippen LogP contribution < -0.4 is 14.8 Å². The predicted molar refractivity (Wildman–Crippen MR) is 133 cm³/mol. The van der Waals surface area contributed by atoms with Gasteiger partial charge in [0.1, 0.15) is 13.2 Å². The van der Waals surface area contributed by atoms with E-state index in [9.17, 15) is 14.4 Å². The lowest BCUT2D eigenvalue weighted by molar-refractivity contribution is -0.141. The maximum absolute atomic E-state index is 13.1. The highest BCUT2D eigenvalue weighted by Gasteiger charge is 2.30. The molecule has 1 fully saturated rings. The molecular weight excluding hydrogens is 446 g/mol.